The van der Waals surface area contributed by atoms with Crippen molar-refractivity contribution in [1.29, 1.82) is 0 Å². The van der Waals surface area contributed by atoms with Crippen LogP contribution in [-0.4, -0.2) is 38.3 Å². The number of thiazole rings is 1. The van der Waals surface area contributed by atoms with E-state index in [4.69, 9.17) is 4.74 Å². The number of aromatic nitrogens is 4. The minimum absolute atomic E-state index is 0.435. The van der Waals surface area contributed by atoms with Crippen LogP contribution in [0.3, 0.4) is 0 Å². The van der Waals surface area contributed by atoms with E-state index in [1.165, 1.54) is 29.8 Å². The Morgan fingerprint density at radius 3 is 3.00 bits per heavy atom. The number of hydrogen-bond donors (Lipinski definition) is 0. The van der Waals surface area contributed by atoms with Crippen molar-refractivity contribution < 1.29 is 4.74 Å². The van der Waals surface area contributed by atoms with Crippen molar-refractivity contribution in [2.75, 3.05) is 13.7 Å². The van der Waals surface area contributed by atoms with Gasteiger partial charge in [-0.15, -0.1) is 11.3 Å². The Morgan fingerprint density at radius 1 is 1.27 bits per heavy atom. The molecular formula is C19H23N5OS. The molecule has 1 aromatic carbocycles. The monoisotopic (exact) mass is 369 g/mol. The van der Waals surface area contributed by atoms with Crippen molar-refractivity contribution in [3.8, 4) is 5.75 Å². The number of likely N-dealkylation sites (tertiary alicyclic amines) is 1. The lowest BCUT2D eigenvalue weighted by Crippen LogP contribution is -2.32. The van der Waals surface area contributed by atoms with E-state index in [9.17, 15) is 0 Å². The molecule has 0 radical (unpaired) electrons. The fourth-order valence-electron chi connectivity index (χ4n) is 3.64. The first kappa shape index (κ1) is 17.2. The van der Waals surface area contributed by atoms with Crippen molar-refractivity contribution in [2.45, 2.75) is 38.4 Å². The van der Waals surface area contributed by atoms with E-state index < -0.39 is 0 Å². The summed E-state index contributed by atoms with van der Waals surface area (Å²) >= 11 is 1.76. The topological polar surface area (TPSA) is 56.1 Å². The van der Waals surface area contributed by atoms with Crippen LogP contribution < -0.4 is 4.74 Å². The largest absolute Gasteiger partial charge is 0.496 e. The third-order valence-electron chi connectivity index (χ3n) is 4.88. The van der Waals surface area contributed by atoms with E-state index in [2.05, 4.69) is 43.5 Å². The standard InChI is InChI=1S/C19H23N5OS/c1-25-18-6-5-15(10-16(18)12-24-14-20-13-22-24)11-23-8-3-2-4-17(23)19-21-7-9-26-19/h5-7,9-10,13-14,17H,2-4,8,11-12H2,1H3/t17-/m0/s1. The molecule has 1 aliphatic rings. The predicted molar refractivity (Wildman–Crippen MR) is 101 cm³/mol. The summed E-state index contributed by atoms with van der Waals surface area (Å²) in [6, 6.07) is 6.89. The minimum atomic E-state index is 0.435. The summed E-state index contributed by atoms with van der Waals surface area (Å²) in [5.41, 5.74) is 2.42. The lowest BCUT2D eigenvalue weighted by Gasteiger charge is -2.34. The molecule has 1 atom stereocenters. The zero-order valence-corrected chi connectivity index (χ0v) is 15.7. The van der Waals surface area contributed by atoms with Crippen LogP contribution in [0.1, 0.15) is 41.4 Å². The van der Waals surface area contributed by atoms with Gasteiger partial charge in [-0.1, -0.05) is 12.5 Å². The maximum Gasteiger partial charge on any atom is 0.137 e. The first-order chi connectivity index (χ1) is 12.8. The highest BCUT2D eigenvalue weighted by Crippen LogP contribution is 2.33. The highest BCUT2D eigenvalue weighted by atomic mass is 32.1. The average Bonchev–Trinajstić information content (AvgIpc) is 3.36. The first-order valence-electron chi connectivity index (χ1n) is 8.95. The Morgan fingerprint density at radius 2 is 2.23 bits per heavy atom. The maximum atomic E-state index is 5.54. The van der Waals surface area contributed by atoms with E-state index >= 15 is 0 Å². The molecule has 0 aliphatic carbocycles. The number of ether oxygens (including phenoxy) is 1. The maximum absolute atomic E-state index is 5.54. The molecule has 6 nitrogen and oxygen atoms in total. The molecule has 2 aromatic heterocycles. The van der Waals surface area contributed by atoms with E-state index in [1.807, 2.05) is 10.9 Å². The van der Waals surface area contributed by atoms with Gasteiger partial charge in [0.1, 0.15) is 23.4 Å². The van der Waals surface area contributed by atoms with E-state index in [0.29, 0.717) is 12.6 Å². The fourth-order valence-corrected chi connectivity index (χ4v) is 4.44. The smallest absolute Gasteiger partial charge is 0.137 e. The highest BCUT2D eigenvalue weighted by Gasteiger charge is 2.26. The molecule has 26 heavy (non-hydrogen) atoms. The Balaban J connectivity index is 1.55. The summed E-state index contributed by atoms with van der Waals surface area (Å²) in [5, 5.41) is 7.52. The van der Waals surface area contributed by atoms with Gasteiger partial charge in [0, 0.05) is 23.7 Å². The summed E-state index contributed by atoms with van der Waals surface area (Å²) in [4.78, 5) is 11.1. The van der Waals surface area contributed by atoms with Gasteiger partial charge in [-0.2, -0.15) is 5.10 Å². The van der Waals surface area contributed by atoms with Crippen molar-refractivity contribution in [1.82, 2.24) is 24.6 Å². The van der Waals surface area contributed by atoms with Gasteiger partial charge in [0.05, 0.1) is 19.7 Å². The van der Waals surface area contributed by atoms with Crippen LogP contribution in [0.4, 0.5) is 0 Å². The van der Waals surface area contributed by atoms with Gasteiger partial charge in [-0.25, -0.2) is 14.6 Å². The van der Waals surface area contributed by atoms with Crippen LogP contribution in [0, 0.1) is 0 Å². The van der Waals surface area contributed by atoms with Gasteiger partial charge in [0.15, 0.2) is 0 Å². The van der Waals surface area contributed by atoms with Crippen LogP contribution in [-0.2, 0) is 13.1 Å². The number of rotatable bonds is 6. The molecule has 0 bridgehead atoms. The fraction of sp³-hybridized carbons (Fsp3) is 0.421. The van der Waals surface area contributed by atoms with Crippen LogP contribution in [0.2, 0.25) is 0 Å². The van der Waals surface area contributed by atoms with Crippen molar-refractivity contribution >= 4 is 11.3 Å². The molecule has 1 fully saturated rings. The van der Waals surface area contributed by atoms with Crippen molar-refractivity contribution in [3.63, 3.8) is 0 Å². The van der Waals surface area contributed by atoms with Crippen molar-refractivity contribution in [2.24, 2.45) is 0 Å². The third-order valence-corrected chi connectivity index (χ3v) is 5.76. The molecule has 0 amide bonds. The number of benzene rings is 1. The summed E-state index contributed by atoms with van der Waals surface area (Å²) in [6.45, 7) is 2.71. The first-order valence-corrected chi connectivity index (χ1v) is 9.83. The lowest BCUT2D eigenvalue weighted by atomic mass is 10.0. The zero-order valence-electron chi connectivity index (χ0n) is 14.9. The number of hydrogen-bond acceptors (Lipinski definition) is 6. The molecular weight excluding hydrogens is 346 g/mol. The van der Waals surface area contributed by atoms with Gasteiger partial charge in [-0.05, 0) is 37.1 Å². The molecule has 0 spiro atoms. The molecule has 7 heteroatoms. The SMILES string of the molecule is COc1ccc(CN2CCCC[C@H]2c2nccs2)cc1Cn1cncn1. The normalized spacial score (nSPS) is 18.1. The molecule has 1 aliphatic heterocycles. The van der Waals surface area contributed by atoms with Crippen LogP contribution in [0.15, 0.2) is 42.4 Å². The molecule has 136 valence electrons. The lowest BCUT2D eigenvalue weighted by molar-refractivity contribution is 0.140. The summed E-state index contributed by atoms with van der Waals surface area (Å²) in [5.74, 6) is 0.888. The summed E-state index contributed by atoms with van der Waals surface area (Å²) in [6.07, 6.45) is 8.93. The average molecular weight is 369 g/mol. The minimum Gasteiger partial charge on any atom is -0.496 e. The van der Waals surface area contributed by atoms with E-state index in [-0.39, 0.29) is 0 Å². The molecule has 0 unspecified atom stereocenters. The Hall–Kier alpha value is -2.25. The Bertz CT molecular complexity index is 819. The molecule has 1 saturated heterocycles. The van der Waals surface area contributed by atoms with E-state index in [1.54, 1.807) is 31.1 Å². The number of piperidine rings is 1. The number of nitrogens with zero attached hydrogens (tertiary/aromatic N) is 5. The number of methoxy groups -OCH3 is 1. The van der Waals surface area contributed by atoms with Crippen LogP contribution in [0.25, 0.3) is 0 Å². The van der Waals surface area contributed by atoms with Gasteiger partial charge in [0.2, 0.25) is 0 Å². The second-order valence-corrected chi connectivity index (χ2v) is 7.52. The second-order valence-electron chi connectivity index (χ2n) is 6.59. The van der Waals surface area contributed by atoms with E-state index in [0.717, 1.165) is 24.4 Å². The van der Waals surface area contributed by atoms with Crippen LogP contribution >= 0.6 is 11.3 Å². The molecule has 4 rings (SSSR count). The zero-order chi connectivity index (χ0) is 17.8. The quantitative estimate of drug-likeness (QED) is 0.665. The molecule has 3 heterocycles. The molecule has 0 N–H and O–H groups in total. The predicted octanol–water partition coefficient (Wildman–Crippen LogP) is 3.52. The molecule has 0 saturated carbocycles. The summed E-state index contributed by atoms with van der Waals surface area (Å²) in [7, 11) is 1.71. The second kappa shape index (κ2) is 7.97. The van der Waals surface area contributed by atoms with Gasteiger partial charge < -0.3 is 4.74 Å². The highest BCUT2D eigenvalue weighted by molar-refractivity contribution is 7.09. The van der Waals surface area contributed by atoms with Crippen LogP contribution in [0.5, 0.6) is 5.75 Å². The van der Waals surface area contributed by atoms with Gasteiger partial charge >= 0.3 is 0 Å². The molecule has 3 aromatic rings. The Kier molecular flexibility index (Phi) is 5.26. The Labute approximate surface area is 157 Å². The third kappa shape index (κ3) is 3.78. The van der Waals surface area contributed by atoms with Crippen molar-refractivity contribution in [3.05, 3.63) is 58.6 Å². The van der Waals surface area contributed by atoms with Gasteiger partial charge in [-0.3, -0.25) is 4.90 Å². The van der Waals surface area contributed by atoms with Gasteiger partial charge in [0.25, 0.3) is 0 Å². The summed E-state index contributed by atoms with van der Waals surface area (Å²) < 4.78 is 7.36.